The van der Waals surface area contributed by atoms with Gasteiger partial charge in [0.1, 0.15) is 5.92 Å². The van der Waals surface area contributed by atoms with Gasteiger partial charge in [-0.1, -0.05) is 12.1 Å². The number of nitro benzene ring substituents is 1. The number of rotatable bonds is 6. The van der Waals surface area contributed by atoms with Crippen LogP contribution in [0.25, 0.3) is 0 Å². The maximum absolute atomic E-state index is 12.8. The highest BCUT2D eigenvalue weighted by atomic mass is 16.6. The third-order valence-corrected chi connectivity index (χ3v) is 4.39. The Morgan fingerprint density at radius 2 is 1.82 bits per heavy atom. The smallest absolute Gasteiger partial charge is 0.336 e. The predicted octanol–water partition coefficient (Wildman–Crippen LogP) is 3.56. The van der Waals surface area contributed by atoms with Crippen LogP contribution in [0.2, 0.25) is 0 Å². The number of benzene rings is 1. The van der Waals surface area contributed by atoms with Gasteiger partial charge in [0.15, 0.2) is 0 Å². The molecule has 0 aromatic heterocycles. The van der Waals surface area contributed by atoms with Crippen LogP contribution in [-0.4, -0.2) is 35.3 Å². The highest BCUT2D eigenvalue weighted by Crippen LogP contribution is 2.40. The van der Waals surface area contributed by atoms with Crippen LogP contribution >= 0.6 is 0 Å². The minimum atomic E-state index is -0.820. The average Bonchev–Trinajstić information content (AvgIpc) is 2.60. The Kier molecular flexibility index (Phi) is 6.66. The minimum Gasteiger partial charge on any atom is -0.465 e. The van der Waals surface area contributed by atoms with E-state index >= 15 is 0 Å². The van der Waals surface area contributed by atoms with Crippen molar-refractivity contribution in [1.82, 2.24) is 0 Å². The number of aliphatic imine (C=N–C) groups is 1. The van der Waals surface area contributed by atoms with E-state index in [2.05, 4.69) is 4.99 Å². The predicted molar refractivity (Wildman–Crippen MR) is 103 cm³/mol. The number of allylic oxidation sites excluding steroid dienone is 1. The Labute approximate surface area is 163 Å². The summed E-state index contributed by atoms with van der Waals surface area (Å²) in [6.07, 6.45) is -0.349. The summed E-state index contributed by atoms with van der Waals surface area (Å²) in [6, 6.07) is 5.78. The van der Waals surface area contributed by atoms with Crippen molar-refractivity contribution in [2.75, 3.05) is 6.61 Å². The Morgan fingerprint density at radius 3 is 2.32 bits per heavy atom. The summed E-state index contributed by atoms with van der Waals surface area (Å²) in [7, 11) is 0. The normalized spacial score (nSPS) is 19.3. The van der Waals surface area contributed by atoms with Gasteiger partial charge in [0.25, 0.3) is 5.69 Å². The molecule has 1 unspecified atom stereocenters. The lowest BCUT2D eigenvalue weighted by atomic mass is 9.75. The van der Waals surface area contributed by atoms with E-state index in [0.29, 0.717) is 17.0 Å². The van der Waals surface area contributed by atoms with Gasteiger partial charge in [-0.2, -0.15) is 0 Å². The molecule has 2 atom stereocenters. The number of non-ortho nitro benzene ring substituents is 1. The molecule has 8 nitrogen and oxygen atoms in total. The average molecular weight is 388 g/mol. The van der Waals surface area contributed by atoms with Crippen molar-refractivity contribution in [2.45, 2.75) is 46.6 Å². The summed E-state index contributed by atoms with van der Waals surface area (Å²) in [6.45, 7) is 8.73. The number of hydrogen-bond acceptors (Lipinski definition) is 7. The highest BCUT2D eigenvalue weighted by Gasteiger charge is 2.42. The quantitative estimate of drug-likeness (QED) is 0.419. The fourth-order valence-electron chi connectivity index (χ4n) is 3.28. The molecule has 0 spiro atoms. The second-order valence-electron chi connectivity index (χ2n) is 6.76. The van der Waals surface area contributed by atoms with Gasteiger partial charge >= 0.3 is 11.9 Å². The molecule has 1 aliphatic rings. The van der Waals surface area contributed by atoms with E-state index in [1.165, 1.54) is 12.1 Å². The molecule has 0 amide bonds. The zero-order chi connectivity index (χ0) is 21.0. The van der Waals surface area contributed by atoms with Gasteiger partial charge in [0, 0.05) is 29.5 Å². The molecule has 0 saturated heterocycles. The molecule has 0 fully saturated rings. The van der Waals surface area contributed by atoms with Gasteiger partial charge in [0.05, 0.1) is 23.2 Å². The SMILES string of the molecule is CCOC(=O)C1C(C)=NC(C)=C(C(=O)OC(C)C)[C@H]1c1ccc([N+](=O)[O-])cc1. The van der Waals surface area contributed by atoms with Crippen molar-refractivity contribution >= 4 is 23.3 Å². The van der Waals surface area contributed by atoms with E-state index in [1.54, 1.807) is 46.8 Å². The molecule has 0 radical (unpaired) electrons. The number of carbonyl (C=O) groups excluding carboxylic acids is 2. The topological polar surface area (TPSA) is 108 Å². The zero-order valence-corrected chi connectivity index (χ0v) is 16.6. The van der Waals surface area contributed by atoms with Crippen molar-refractivity contribution in [3.8, 4) is 0 Å². The van der Waals surface area contributed by atoms with Crippen LogP contribution in [-0.2, 0) is 19.1 Å². The van der Waals surface area contributed by atoms with Crippen LogP contribution in [0, 0.1) is 16.0 Å². The lowest BCUT2D eigenvalue weighted by Crippen LogP contribution is -2.37. The summed E-state index contributed by atoms with van der Waals surface area (Å²) in [5, 5.41) is 11.0. The minimum absolute atomic E-state index is 0.0790. The molecule has 1 heterocycles. The fourth-order valence-corrected chi connectivity index (χ4v) is 3.28. The molecule has 150 valence electrons. The van der Waals surface area contributed by atoms with E-state index in [9.17, 15) is 19.7 Å². The first-order valence-electron chi connectivity index (χ1n) is 9.05. The third kappa shape index (κ3) is 4.44. The molecule has 1 aromatic carbocycles. The van der Waals surface area contributed by atoms with E-state index in [1.807, 2.05) is 0 Å². The van der Waals surface area contributed by atoms with Crippen molar-refractivity contribution in [2.24, 2.45) is 10.9 Å². The first kappa shape index (κ1) is 21.3. The molecular weight excluding hydrogens is 364 g/mol. The Balaban J connectivity index is 2.61. The summed E-state index contributed by atoms with van der Waals surface area (Å²) in [5.74, 6) is -2.60. The summed E-state index contributed by atoms with van der Waals surface area (Å²) in [4.78, 5) is 40.3. The number of nitro groups is 1. The Bertz CT molecular complexity index is 839. The second-order valence-corrected chi connectivity index (χ2v) is 6.76. The van der Waals surface area contributed by atoms with Gasteiger partial charge in [0.2, 0.25) is 0 Å². The largest absolute Gasteiger partial charge is 0.465 e. The van der Waals surface area contributed by atoms with E-state index in [0.717, 1.165) is 0 Å². The first-order chi connectivity index (χ1) is 13.2. The van der Waals surface area contributed by atoms with Crippen LogP contribution < -0.4 is 0 Å². The molecule has 1 aliphatic heterocycles. The van der Waals surface area contributed by atoms with E-state index in [4.69, 9.17) is 9.47 Å². The number of ether oxygens (including phenoxy) is 2. The molecule has 0 aliphatic carbocycles. The number of nitrogens with zero attached hydrogens (tertiary/aromatic N) is 2. The number of hydrogen-bond donors (Lipinski definition) is 0. The summed E-state index contributed by atoms with van der Waals surface area (Å²) in [5.41, 5.74) is 1.72. The molecular formula is C20H24N2O6. The maximum Gasteiger partial charge on any atom is 0.336 e. The van der Waals surface area contributed by atoms with E-state index < -0.39 is 28.7 Å². The lowest BCUT2D eigenvalue weighted by Gasteiger charge is -2.31. The van der Waals surface area contributed by atoms with Crippen LogP contribution in [0.1, 0.15) is 46.1 Å². The standard InChI is InChI=1S/C20H24N2O6/c1-6-27-19(23)16-12(4)21-13(5)17(20(24)28-11(2)3)18(16)14-7-9-15(10-8-14)22(25)26/h7-11,16,18H,6H2,1-5H3/t16?,18-/m0/s1. The second kappa shape index (κ2) is 8.77. The monoisotopic (exact) mass is 388 g/mol. The summed E-state index contributed by atoms with van der Waals surface area (Å²) < 4.78 is 10.6. The zero-order valence-electron chi connectivity index (χ0n) is 16.6. The van der Waals surface area contributed by atoms with Crippen molar-refractivity contribution < 1.29 is 24.0 Å². The molecule has 2 rings (SSSR count). The van der Waals surface area contributed by atoms with Crippen LogP contribution in [0.3, 0.4) is 0 Å². The highest BCUT2D eigenvalue weighted by molar-refractivity contribution is 6.07. The fraction of sp³-hybridized carbons (Fsp3) is 0.450. The Hall–Kier alpha value is -3.03. The number of carbonyl (C=O) groups is 2. The molecule has 0 bridgehead atoms. The Morgan fingerprint density at radius 1 is 1.21 bits per heavy atom. The van der Waals surface area contributed by atoms with Gasteiger partial charge < -0.3 is 9.47 Å². The molecule has 0 saturated carbocycles. The van der Waals surface area contributed by atoms with Crippen LogP contribution in [0.4, 0.5) is 5.69 Å². The van der Waals surface area contributed by atoms with Crippen molar-refractivity contribution in [3.63, 3.8) is 0 Å². The maximum atomic E-state index is 12.8. The van der Waals surface area contributed by atoms with Gasteiger partial charge in [-0.05, 0) is 40.2 Å². The third-order valence-electron chi connectivity index (χ3n) is 4.39. The molecule has 8 heteroatoms. The first-order valence-corrected chi connectivity index (χ1v) is 9.05. The number of esters is 2. The molecule has 28 heavy (non-hydrogen) atoms. The summed E-state index contributed by atoms with van der Waals surface area (Å²) >= 11 is 0. The van der Waals surface area contributed by atoms with Crippen LogP contribution in [0.5, 0.6) is 0 Å². The lowest BCUT2D eigenvalue weighted by molar-refractivity contribution is -0.384. The van der Waals surface area contributed by atoms with Gasteiger partial charge in [-0.25, -0.2) is 4.79 Å². The van der Waals surface area contributed by atoms with Crippen molar-refractivity contribution in [3.05, 3.63) is 51.2 Å². The van der Waals surface area contributed by atoms with E-state index in [-0.39, 0.29) is 24.0 Å². The molecule has 1 aromatic rings. The molecule has 0 N–H and O–H groups in total. The van der Waals surface area contributed by atoms with Crippen molar-refractivity contribution in [1.29, 1.82) is 0 Å². The van der Waals surface area contributed by atoms with Crippen LogP contribution in [0.15, 0.2) is 40.5 Å². The van der Waals surface area contributed by atoms with Gasteiger partial charge in [-0.3, -0.25) is 19.9 Å². The van der Waals surface area contributed by atoms with Gasteiger partial charge in [-0.15, -0.1) is 0 Å².